The van der Waals surface area contributed by atoms with E-state index in [0.29, 0.717) is 40.5 Å². The predicted molar refractivity (Wildman–Crippen MR) is 96.2 cm³/mol. The molecule has 0 aliphatic carbocycles. The van der Waals surface area contributed by atoms with Gasteiger partial charge in [-0.2, -0.15) is 0 Å². The molecule has 0 atom stereocenters. The molecule has 0 unspecified atom stereocenters. The molecule has 0 aliphatic heterocycles. The largest absolute Gasteiger partial charge is 0.481 e. The second-order valence-corrected chi connectivity index (χ2v) is 5.87. The van der Waals surface area contributed by atoms with E-state index in [1.165, 1.54) is 0 Å². The van der Waals surface area contributed by atoms with Crippen LogP contribution < -0.4 is 10.1 Å². The molecule has 1 amide bonds. The summed E-state index contributed by atoms with van der Waals surface area (Å²) in [6, 6.07) is 8.77. The Morgan fingerprint density at radius 1 is 1.30 bits per heavy atom. The minimum Gasteiger partial charge on any atom is -0.481 e. The topological polar surface area (TPSA) is 103 Å². The van der Waals surface area contributed by atoms with E-state index in [2.05, 4.69) is 20.4 Å². The van der Waals surface area contributed by atoms with Crippen molar-refractivity contribution in [3.8, 4) is 17.3 Å². The van der Waals surface area contributed by atoms with Crippen LogP contribution in [0.1, 0.15) is 21.6 Å². The summed E-state index contributed by atoms with van der Waals surface area (Å²) >= 11 is 0. The van der Waals surface area contributed by atoms with Crippen molar-refractivity contribution in [2.75, 3.05) is 7.11 Å². The zero-order chi connectivity index (χ0) is 18.8. The lowest BCUT2D eigenvalue weighted by Crippen LogP contribution is -2.23. The number of carbonyl (C=O) groups excluding carboxylic acids is 1. The monoisotopic (exact) mass is 364 g/mol. The van der Waals surface area contributed by atoms with Crippen LogP contribution in [-0.2, 0) is 6.54 Å². The third kappa shape index (κ3) is 3.24. The van der Waals surface area contributed by atoms with Gasteiger partial charge in [0, 0.05) is 18.8 Å². The maximum Gasteiger partial charge on any atom is 0.259 e. The van der Waals surface area contributed by atoms with Crippen LogP contribution in [0.2, 0.25) is 0 Å². The maximum absolute atomic E-state index is 12.8. The molecule has 27 heavy (non-hydrogen) atoms. The van der Waals surface area contributed by atoms with Gasteiger partial charge in [0.15, 0.2) is 5.76 Å². The maximum atomic E-state index is 12.8. The number of rotatable bonds is 5. The van der Waals surface area contributed by atoms with E-state index < -0.39 is 0 Å². The summed E-state index contributed by atoms with van der Waals surface area (Å²) < 4.78 is 15.7. The first-order valence-electron chi connectivity index (χ1n) is 8.23. The minimum atomic E-state index is -0.266. The molecule has 4 rings (SSSR count). The van der Waals surface area contributed by atoms with Gasteiger partial charge >= 0.3 is 0 Å². The van der Waals surface area contributed by atoms with Gasteiger partial charge in [-0.1, -0.05) is 11.2 Å². The van der Waals surface area contributed by atoms with Crippen LogP contribution in [0.15, 0.2) is 51.7 Å². The van der Waals surface area contributed by atoms with Crippen LogP contribution in [0.4, 0.5) is 0 Å². The van der Waals surface area contributed by atoms with Crippen molar-refractivity contribution >= 4 is 17.0 Å². The molecule has 4 heterocycles. The molecule has 4 aromatic heterocycles. The number of aromatic nitrogens is 3. The molecular weight excluding hydrogens is 348 g/mol. The number of ether oxygens (including phenoxy) is 1. The standard InChI is InChI=1S/C19H16N4O4/c1-11-17-13(18(24)21-10-12-5-6-16(25-2)20-9-12)8-14(15-4-3-7-26-15)22-19(17)27-23-11/h3-9H,10H2,1-2H3,(H,21,24). The summed E-state index contributed by atoms with van der Waals surface area (Å²) in [5.74, 6) is 0.792. The molecule has 0 saturated heterocycles. The van der Waals surface area contributed by atoms with Crippen molar-refractivity contribution in [1.29, 1.82) is 0 Å². The molecule has 0 aliphatic rings. The Labute approximate surface area is 154 Å². The smallest absolute Gasteiger partial charge is 0.259 e. The minimum absolute atomic E-state index is 0.266. The molecule has 4 aromatic rings. The number of methoxy groups -OCH3 is 1. The number of hydrogen-bond donors (Lipinski definition) is 1. The highest BCUT2D eigenvalue weighted by Gasteiger charge is 2.20. The highest BCUT2D eigenvalue weighted by molar-refractivity contribution is 6.06. The number of pyridine rings is 2. The summed E-state index contributed by atoms with van der Waals surface area (Å²) in [7, 11) is 1.55. The van der Waals surface area contributed by atoms with Crippen LogP contribution in [0.5, 0.6) is 5.88 Å². The molecule has 0 aromatic carbocycles. The SMILES string of the molecule is COc1ccc(CNC(=O)c2cc(-c3ccco3)nc3onc(C)c23)cn1. The van der Waals surface area contributed by atoms with E-state index in [9.17, 15) is 4.79 Å². The van der Waals surface area contributed by atoms with Crippen LogP contribution in [0.25, 0.3) is 22.6 Å². The summed E-state index contributed by atoms with van der Waals surface area (Å²) in [5, 5.41) is 7.39. The molecular formula is C19H16N4O4. The van der Waals surface area contributed by atoms with Crippen molar-refractivity contribution in [2.45, 2.75) is 13.5 Å². The van der Waals surface area contributed by atoms with E-state index in [-0.39, 0.29) is 11.6 Å². The normalized spacial score (nSPS) is 10.9. The summed E-state index contributed by atoms with van der Waals surface area (Å²) in [6.07, 6.45) is 3.20. The zero-order valence-electron chi connectivity index (χ0n) is 14.7. The molecule has 0 fully saturated rings. The third-order valence-electron chi connectivity index (χ3n) is 4.10. The molecule has 8 nitrogen and oxygen atoms in total. The Morgan fingerprint density at radius 3 is 2.89 bits per heavy atom. The lowest BCUT2D eigenvalue weighted by Gasteiger charge is -2.08. The van der Waals surface area contributed by atoms with E-state index in [4.69, 9.17) is 13.7 Å². The Morgan fingerprint density at radius 2 is 2.19 bits per heavy atom. The Hall–Kier alpha value is -3.68. The molecule has 0 saturated carbocycles. The molecule has 0 bridgehead atoms. The van der Waals surface area contributed by atoms with Crippen molar-refractivity contribution in [1.82, 2.24) is 20.4 Å². The highest BCUT2D eigenvalue weighted by Crippen LogP contribution is 2.27. The fourth-order valence-corrected chi connectivity index (χ4v) is 2.74. The number of nitrogens with one attached hydrogen (secondary N) is 1. The highest BCUT2D eigenvalue weighted by atomic mass is 16.5. The van der Waals surface area contributed by atoms with Crippen molar-refractivity contribution in [3.05, 3.63) is 59.6 Å². The second-order valence-electron chi connectivity index (χ2n) is 5.87. The van der Waals surface area contributed by atoms with Gasteiger partial charge in [-0.25, -0.2) is 9.97 Å². The quantitative estimate of drug-likeness (QED) is 0.580. The molecule has 0 spiro atoms. The number of aryl methyl sites for hydroxylation is 1. The lowest BCUT2D eigenvalue weighted by atomic mass is 10.1. The Bertz CT molecular complexity index is 1090. The third-order valence-corrected chi connectivity index (χ3v) is 4.10. The van der Waals surface area contributed by atoms with Gasteiger partial charge in [-0.15, -0.1) is 0 Å². The van der Waals surface area contributed by atoms with Crippen molar-refractivity contribution in [3.63, 3.8) is 0 Å². The fourth-order valence-electron chi connectivity index (χ4n) is 2.74. The first-order valence-corrected chi connectivity index (χ1v) is 8.23. The number of fused-ring (bicyclic) bond motifs is 1. The van der Waals surface area contributed by atoms with Gasteiger partial charge in [-0.3, -0.25) is 4.79 Å². The molecule has 136 valence electrons. The summed E-state index contributed by atoms with van der Waals surface area (Å²) in [6.45, 7) is 2.09. The van der Waals surface area contributed by atoms with Crippen molar-refractivity contribution < 1.29 is 18.5 Å². The van der Waals surface area contributed by atoms with E-state index >= 15 is 0 Å². The van der Waals surface area contributed by atoms with E-state index in [1.807, 2.05) is 6.07 Å². The first kappa shape index (κ1) is 16.8. The number of furan rings is 1. The summed E-state index contributed by atoms with van der Waals surface area (Å²) in [4.78, 5) is 21.4. The van der Waals surface area contributed by atoms with Gasteiger partial charge in [-0.05, 0) is 30.7 Å². The first-order chi connectivity index (χ1) is 13.2. The van der Waals surface area contributed by atoms with Crippen LogP contribution in [0.3, 0.4) is 0 Å². The lowest BCUT2D eigenvalue weighted by molar-refractivity contribution is 0.0952. The van der Waals surface area contributed by atoms with Crippen molar-refractivity contribution in [2.24, 2.45) is 0 Å². The predicted octanol–water partition coefficient (Wildman–Crippen LogP) is 3.12. The number of nitrogens with zero attached hydrogens (tertiary/aromatic N) is 3. The number of hydrogen-bond acceptors (Lipinski definition) is 7. The van der Waals surface area contributed by atoms with Gasteiger partial charge in [0.25, 0.3) is 11.6 Å². The van der Waals surface area contributed by atoms with Gasteiger partial charge in [0.05, 0.1) is 30.0 Å². The van der Waals surface area contributed by atoms with Gasteiger partial charge in [0.2, 0.25) is 5.88 Å². The van der Waals surface area contributed by atoms with Gasteiger partial charge in [0.1, 0.15) is 5.69 Å². The molecule has 1 N–H and O–H groups in total. The average molecular weight is 364 g/mol. The zero-order valence-corrected chi connectivity index (χ0v) is 14.7. The van der Waals surface area contributed by atoms with E-state index in [1.54, 1.807) is 50.8 Å². The van der Waals surface area contributed by atoms with Crippen LogP contribution in [-0.4, -0.2) is 28.1 Å². The Kier molecular flexibility index (Phi) is 4.29. The van der Waals surface area contributed by atoms with Gasteiger partial charge < -0.3 is 19.0 Å². The van der Waals surface area contributed by atoms with Crippen LogP contribution >= 0.6 is 0 Å². The van der Waals surface area contributed by atoms with Crippen LogP contribution in [0, 0.1) is 6.92 Å². The number of amides is 1. The second kappa shape index (κ2) is 6.91. The number of carbonyl (C=O) groups is 1. The average Bonchev–Trinajstić information content (AvgIpc) is 3.36. The molecule has 8 heteroatoms. The fraction of sp³-hybridized carbons (Fsp3) is 0.158. The molecule has 0 radical (unpaired) electrons. The van der Waals surface area contributed by atoms with E-state index in [0.717, 1.165) is 5.56 Å². The summed E-state index contributed by atoms with van der Waals surface area (Å²) in [5.41, 5.74) is 2.66. The Balaban J connectivity index is 1.64.